The second-order valence-electron chi connectivity index (χ2n) is 5.83. The summed E-state index contributed by atoms with van der Waals surface area (Å²) in [6.45, 7) is 5.18. The van der Waals surface area contributed by atoms with Crippen LogP contribution in [0.25, 0.3) is 5.70 Å². The Labute approximate surface area is 150 Å². The van der Waals surface area contributed by atoms with Crippen molar-refractivity contribution in [3.05, 3.63) is 40.4 Å². The molecule has 2 N–H and O–H groups in total. The fraction of sp³-hybridized carbons (Fsp3) is 0.471. The third kappa shape index (κ3) is 4.80. The maximum Gasteiger partial charge on any atom is 0.255 e. The van der Waals surface area contributed by atoms with Crippen molar-refractivity contribution in [2.45, 2.75) is 12.5 Å². The van der Waals surface area contributed by atoms with Crippen LogP contribution in [0.4, 0.5) is 0 Å². The topological polar surface area (TPSA) is 62.8 Å². The van der Waals surface area contributed by atoms with Gasteiger partial charge in [-0.05, 0) is 31.2 Å². The Kier molecular flexibility index (Phi) is 6.25. The van der Waals surface area contributed by atoms with Crippen LogP contribution in [0.2, 0.25) is 0 Å². The zero-order valence-corrected chi connectivity index (χ0v) is 15.0. The van der Waals surface area contributed by atoms with Crippen LogP contribution < -0.4 is 10.8 Å². The van der Waals surface area contributed by atoms with Gasteiger partial charge < -0.3 is 10.1 Å². The average Bonchev–Trinajstić information content (AvgIpc) is 3.10. The Balaban J connectivity index is 1.42. The number of halogens is 1. The lowest BCUT2D eigenvalue weighted by molar-refractivity contribution is -0.131. The minimum atomic E-state index is -0.595. The number of amides is 1. The number of carbonyl (C=O) groups is 1. The van der Waals surface area contributed by atoms with Crippen LogP contribution in [0.15, 0.2) is 34.8 Å². The SMILES string of the molecule is O=C(NCCCN1CCOCC1)[C@@H]1C=C(c2cccc(Br)c2)NO1. The number of morpholine rings is 1. The number of hydrogen-bond acceptors (Lipinski definition) is 5. The Morgan fingerprint density at radius 2 is 2.21 bits per heavy atom. The van der Waals surface area contributed by atoms with Crippen molar-refractivity contribution in [2.75, 3.05) is 39.4 Å². The number of nitrogens with zero attached hydrogens (tertiary/aromatic N) is 1. The first-order valence-corrected chi connectivity index (χ1v) is 8.99. The molecule has 1 fully saturated rings. The molecule has 0 unspecified atom stereocenters. The van der Waals surface area contributed by atoms with Crippen LogP contribution in [-0.4, -0.2) is 56.3 Å². The van der Waals surface area contributed by atoms with Gasteiger partial charge in [0.05, 0.1) is 18.9 Å². The Morgan fingerprint density at radius 3 is 3.00 bits per heavy atom. The van der Waals surface area contributed by atoms with Crippen LogP contribution in [0.1, 0.15) is 12.0 Å². The Morgan fingerprint density at radius 1 is 1.38 bits per heavy atom. The van der Waals surface area contributed by atoms with Crippen LogP contribution in [-0.2, 0) is 14.4 Å². The number of ether oxygens (including phenoxy) is 1. The van der Waals surface area contributed by atoms with Crippen molar-refractivity contribution in [3.63, 3.8) is 0 Å². The summed E-state index contributed by atoms with van der Waals surface area (Å²) < 4.78 is 6.31. The second kappa shape index (κ2) is 8.62. The van der Waals surface area contributed by atoms with E-state index < -0.39 is 6.10 Å². The zero-order chi connectivity index (χ0) is 16.8. The van der Waals surface area contributed by atoms with Crippen LogP contribution in [0.3, 0.4) is 0 Å². The van der Waals surface area contributed by atoms with Crippen LogP contribution in [0.5, 0.6) is 0 Å². The fourth-order valence-electron chi connectivity index (χ4n) is 2.73. The second-order valence-corrected chi connectivity index (χ2v) is 6.75. The third-order valence-electron chi connectivity index (χ3n) is 4.06. The minimum absolute atomic E-state index is 0.116. The van der Waals surface area contributed by atoms with Crippen molar-refractivity contribution >= 4 is 27.5 Å². The molecule has 0 bridgehead atoms. The van der Waals surface area contributed by atoms with Crippen molar-refractivity contribution < 1.29 is 14.4 Å². The molecule has 1 aromatic carbocycles. The number of rotatable bonds is 6. The van der Waals surface area contributed by atoms with E-state index >= 15 is 0 Å². The lowest BCUT2D eigenvalue weighted by atomic mass is 10.1. The number of carbonyl (C=O) groups excluding carboxylic acids is 1. The van der Waals surface area contributed by atoms with Gasteiger partial charge in [-0.1, -0.05) is 28.1 Å². The van der Waals surface area contributed by atoms with E-state index in [9.17, 15) is 4.79 Å². The summed E-state index contributed by atoms with van der Waals surface area (Å²) in [5.41, 5.74) is 4.62. The summed E-state index contributed by atoms with van der Waals surface area (Å²) >= 11 is 3.44. The molecule has 3 rings (SSSR count). The summed E-state index contributed by atoms with van der Waals surface area (Å²) in [6.07, 6.45) is 2.13. The van der Waals surface area contributed by atoms with E-state index in [-0.39, 0.29) is 5.91 Å². The smallest absolute Gasteiger partial charge is 0.255 e. The monoisotopic (exact) mass is 395 g/mol. The predicted molar refractivity (Wildman–Crippen MR) is 95.0 cm³/mol. The Bertz CT molecular complexity index is 602. The van der Waals surface area contributed by atoms with Gasteiger partial charge >= 0.3 is 0 Å². The maximum atomic E-state index is 12.2. The first-order valence-electron chi connectivity index (χ1n) is 8.19. The molecule has 0 radical (unpaired) electrons. The molecule has 0 saturated carbocycles. The van der Waals surface area contributed by atoms with E-state index in [1.807, 2.05) is 24.3 Å². The van der Waals surface area contributed by atoms with Crippen molar-refractivity contribution in [2.24, 2.45) is 0 Å². The van der Waals surface area contributed by atoms with Crippen LogP contribution in [0, 0.1) is 0 Å². The lowest BCUT2D eigenvalue weighted by Gasteiger charge is -2.26. The van der Waals surface area contributed by atoms with E-state index in [0.717, 1.165) is 55.0 Å². The third-order valence-corrected chi connectivity index (χ3v) is 4.56. The number of benzene rings is 1. The predicted octanol–water partition coefficient (Wildman–Crippen LogP) is 1.53. The summed E-state index contributed by atoms with van der Waals surface area (Å²) in [7, 11) is 0. The van der Waals surface area contributed by atoms with E-state index in [2.05, 4.69) is 31.6 Å². The molecule has 0 spiro atoms. The van der Waals surface area contributed by atoms with Gasteiger partial charge in [0.15, 0.2) is 6.10 Å². The standard InChI is InChI=1S/C17H22BrN3O3/c18-14-4-1-3-13(11-14)15-12-16(24-20-15)17(22)19-5-2-6-21-7-9-23-10-8-21/h1,3-4,11-12,16,20H,2,5-10H2,(H,19,22)/t16-/m0/s1. The molecule has 2 aliphatic heterocycles. The molecule has 130 valence electrons. The van der Waals surface area contributed by atoms with E-state index in [4.69, 9.17) is 9.57 Å². The summed E-state index contributed by atoms with van der Waals surface area (Å²) in [5.74, 6) is -0.116. The first-order chi connectivity index (χ1) is 11.7. The first kappa shape index (κ1) is 17.4. The molecule has 24 heavy (non-hydrogen) atoms. The summed E-state index contributed by atoms with van der Waals surface area (Å²) in [5, 5.41) is 2.93. The summed E-state index contributed by atoms with van der Waals surface area (Å²) in [6, 6.07) is 7.85. The highest BCUT2D eigenvalue weighted by molar-refractivity contribution is 9.10. The minimum Gasteiger partial charge on any atom is -0.379 e. The molecule has 0 aromatic heterocycles. The van der Waals surface area contributed by atoms with E-state index in [0.29, 0.717) is 6.54 Å². The zero-order valence-electron chi connectivity index (χ0n) is 13.5. The van der Waals surface area contributed by atoms with Crippen molar-refractivity contribution in [1.82, 2.24) is 15.7 Å². The summed E-state index contributed by atoms with van der Waals surface area (Å²) in [4.78, 5) is 19.9. The molecule has 1 saturated heterocycles. The highest BCUT2D eigenvalue weighted by Gasteiger charge is 2.24. The number of hydrogen-bond donors (Lipinski definition) is 2. The molecule has 2 heterocycles. The largest absolute Gasteiger partial charge is 0.379 e. The van der Waals surface area contributed by atoms with Crippen molar-refractivity contribution in [3.8, 4) is 0 Å². The molecular weight excluding hydrogens is 374 g/mol. The van der Waals surface area contributed by atoms with Crippen LogP contribution >= 0.6 is 15.9 Å². The molecular formula is C17H22BrN3O3. The van der Waals surface area contributed by atoms with Gasteiger partial charge in [0.25, 0.3) is 5.91 Å². The Hall–Kier alpha value is -1.41. The van der Waals surface area contributed by atoms with E-state index in [1.165, 1.54) is 0 Å². The van der Waals surface area contributed by atoms with Gasteiger partial charge in [-0.3, -0.25) is 20.0 Å². The number of hydroxylamine groups is 1. The van der Waals surface area contributed by atoms with Crippen molar-refractivity contribution in [1.29, 1.82) is 0 Å². The molecule has 2 aliphatic rings. The molecule has 1 aromatic rings. The average molecular weight is 396 g/mol. The molecule has 0 aliphatic carbocycles. The van der Waals surface area contributed by atoms with Gasteiger partial charge in [0.1, 0.15) is 0 Å². The lowest BCUT2D eigenvalue weighted by Crippen LogP contribution is -2.39. The van der Waals surface area contributed by atoms with Gasteiger partial charge in [-0.2, -0.15) is 0 Å². The molecule has 1 amide bonds. The molecule has 7 heteroatoms. The van der Waals surface area contributed by atoms with E-state index in [1.54, 1.807) is 6.08 Å². The fourth-order valence-corrected chi connectivity index (χ4v) is 3.13. The van der Waals surface area contributed by atoms with Gasteiger partial charge in [-0.25, -0.2) is 0 Å². The maximum absolute atomic E-state index is 12.2. The molecule has 1 atom stereocenters. The highest BCUT2D eigenvalue weighted by Crippen LogP contribution is 2.21. The normalized spacial score (nSPS) is 21.2. The van der Waals surface area contributed by atoms with Gasteiger partial charge in [-0.15, -0.1) is 0 Å². The highest BCUT2D eigenvalue weighted by atomic mass is 79.9. The van der Waals surface area contributed by atoms with Gasteiger partial charge in [0, 0.05) is 29.7 Å². The number of nitrogens with one attached hydrogen (secondary N) is 2. The van der Waals surface area contributed by atoms with Gasteiger partial charge in [0.2, 0.25) is 0 Å². The molecule has 6 nitrogen and oxygen atoms in total. The quantitative estimate of drug-likeness (QED) is 0.715.